The summed E-state index contributed by atoms with van der Waals surface area (Å²) in [7, 11) is -4.61. The maximum atomic E-state index is 7.33. The summed E-state index contributed by atoms with van der Waals surface area (Å²) in [6, 6.07) is 0. The van der Waals surface area contributed by atoms with Crippen molar-refractivity contribution in [3.63, 3.8) is 0 Å². The normalized spacial score (nSPS) is 10.0. The van der Waals surface area contributed by atoms with Crippen LogP contribution >= 0.6 is 0 Å². The molecule has 0 spiro atoms. The number of hydrogen-bond donors (Lipinski definition) is 4. The molecule has 0 saturated heterocycles. The third kappa shape index (κ3) is 109. The molecule has 6 heavy (non-hydrogen) atoms. The van der Waals surface area contributed by atoms with Gasteiger partial charge in [0.15, 0.2) is 0 Å². The van der Waals surface area contributed by atoms with Crippen LogP contribution in [0.3, 0.4) is 0 Å². The zero-order valence-corrected chi connectivity index (χ0v) is 5.93. The van der Waals surface area contributed by atoms with E-state index in [9.17, 15) is 0 Å². The molecule has 37 valence electrons. The van der Waals surface area contributed by atoms with Crippen LogP contribution < -0.4 is 0 Å². The zero-order chi connectivity index (χ0) is 4.50. The fourth-order valence-electron chi connectivity index (χ4n) is 0. The summed E-state index contributed by atoms with van der Waals surface area (Å²) < 4.78 is 0. The van der Waals surface area contributed by atoms with Gasteiger partial charge < -0.3 is 19.2 Å². The first-order chi connectivity index (χ1) is 2.00. The number of hydrogen-bond acceptors (Lipinski definition) is 4. The molecule has 4 N–H and O–H groups in total. The van der Waals surface area contributed by atoms with Crippen LogP contribution in [-0.2, 0) is 22.4 Å². The Hall–Kier alpha value is 0.797. The molecule has 0 heterocycles. The monoisotopic (exact) mass is 189 g/mol. The molecule has 0 amide bonds. The second-order valence-corrected chi connectivity index (χ2v) is 1.80. The minimum Gasteiger partial charge on any atom is -0.368 e. The van der Waals surface area contributed by atoms with Crippen molar-refractivity contribution in [2.45, 2.75) is 0 Å². The molecule has 0 aromatic rings. The molecule has 0 bridgehead atoms. The van der Waals surface area contributed by atoms with E-state index in [1.807, 2.05) is 0 Å². The van der Waals surface area contributed by atoms with Gasteiger partial charge in [0.25, 0.3) is 0 Å². The largest absolute Gasteiger partial charge is 0.668 e. The summed E-state index contributed by atoms with van der Waals surface area (Å²) in [5.41, 5.74) is 0. The Morgan fingerprint density at radius 1 is 0.833 bits per heavy atom. The Labute approximate surface area is 51.1 Å². The van der Waals surface area contributed by atoms with Crippen LogP contribution in [0.15, 0.2) is 0 Å². The van der Waals surface area contributed by atoms with Crippen LogP contribution in [0.2, 0.25) is 0 Å². The molecule has 4 nitrogen and oxygen atoms in total. The molecule has 6 heteroatoms. The molecule has 0 aliphatic rings. The quantitative estimate of drug-likeness (QED) is 0.315. The Balaban J connectivity index is 0. The van der Waals surface area contributed by atoms with Crippen molar-refractivity contribution in [1.29, 1.82) is 0 Å². The third-order valence-corrected chi connectivity index (χ3v) is 0. The molecule has 0 unspecified atom stereocenters. The Morgan fingerprint density at radius 3 is 0.833 bits per heavy atom. The summed E-state index contributed by atoms with van der Waals surface area (Å²) in [6.45, 7) is 0. The summed E-state index contributed by atoms with van der Waals surface area (Å²) in [5, 5.41) is 0. The predicted octanol–water partition coefficient (Wildman–Crippen LogP) is -2.61. The van der Waals surface area contributed by atoms with Crippen molar-refractivity contribution in [3.8, 4) is 0 Å². The van der Waals surface area contributed by atoms with Gasteiger partial charge in [-0.15, -0.1) is 0 Å². The van der Waals surface area contributed by atoms with E-state index >= 15 is 0 Å². The first-order valence-corrected chi connectivity index (χ1v) is 2.68. The minimum absolute atomic E-state index is 0. The first-order valence-electron chi connectivity index (χ1n) is 0.894. The summed E-state index contributed by atoms with van der Waals surface area (Å²) >= 11 is 0. The van der Waals surface area contributed by atoms with Gasteiger partial charge in [0.2, 0.25) is 0 Å². The maximum Gasteiger partial charge on any atom is 0.668 e. The van der Waals surface area contributed by atoms with E-state index in [2.05, 4.69) is 0 Å². The Kier molecular flexibility index (Phi) is 4.78. The minimum atomic E-state index is -4.61. The van der Waals surface area contributed by atoms with Gasteiger partial charge in [-0.1, -0.05) is 0 Å². The molecule has 0 aliphatic carbocycles. The fraction of sp³-hybridized carbons (Fsp3) is 0. The average molecular weight is 189 g/mol. The van der Waals surface area contributed by atoms with E-state index in [0.29, 0.717) is 0 Å². The molecule has 0 aromatic carbocycles. The standard InChI is InChI=1S/Nb.H4O4Si/c;1-5(2,3)4/h;1-4H. The molecule has 0 rings (SSSR count). The van der Waals surface area contributed by atoms with Gasteiger partial charge in [-0.2, -0.15) is 0 Å². The fourth-order valence-corrected chi connectivity index (χ4v) is 0. The van der Waals surface area contributed by atoms with Crippen molar-refractivity contribution in [2.75, 3.05) is 0 Å². The molecular formula is H4NbO4Si. The van der Waals surface area contributed by atoms with Crippen molar-refractivity contribution < 1.29 is 41.6 Å². The van der Waals surface area contributed by atoms with Crippen molar-refractivity contribution >= 4 is 9.05 Å². The average Bonchev–Trinajstić information content (AvgIpc) is 0.722. The van der Waals surface area contributed by atoms with E-state index in [4.69, 9.17) is 19.2 Å². The zero-order valence-electron chi connectivity index (χ0n) is 2.74. The van der Waals surface area contributed by atoms with E-state index in [0.717, 1.165) is 0 Å². The van der Waals surface area contributed by atoms with Gasteiger partial charge in [-0.05, 0) is 0 Å². The van der Waals surface area contributed by atoms with Crippen LogP contribution in [-0.4, -0.2) is 28.2 Å². The summed E-state index contributed by atoms with van der Waals surface area (Å²) in [4.78, 5) is 29.3. The SMILES string of the molecule is O[Si](O)(O)O.[Nb]. The molecule has 0 atom stereocenters. The molecule has 0 fully saturated rings. The van der Waals surface area contributed by atoms with Crippen LogP contribution in [0.5, 0.6) is 0 Å². The van der Waals surface area contributed by atoms with Crippen LogP contribution in [0.1, 0.15) is 0 Å². The second-order valence-electron chi connectivity index (χ2n) is 0.600. The van der Waals surface area contributed by atoms with Gasteiger partial charge in [-0.25, -0.2) is 0 Å². The number of rotatable bonds is 0. The van der Waals surface area contributed by atoms with Gasteiger partial charge in [0.1, 0.15) is 0 Å². The Morgan fingerprint density at radius 2 is 0.833 bits per heavy atom. The molecular weight excluding hydrogens is 185 g/mol. The maximum absolute atomic E-state index is 7.33. The topological polar surface area (TPSA) is 80.9 Å². The summed E-state index contributed by atoms with van der Waals surface area (Å²) in [6.07, 6.45) is 0. The summed E-state index contributed by atoms with van der Waals surface area (Å²) in [5.74, 6) is 0. The van der Waals surface area contributed by atoms with Gasteiger partial charge in [0, 0.05) is 22.4 Å². The third-order valence-electron chi connectivity index (χ3n) is 0. The van der Waals surface area contributed by atoms with Gasteiger partial charge in [0.05, 0.1) is 0 Å². The van der Waals surface area contributed by atoms with E-state index in [1.54, 1.807) is 0 Å². The van der Waals surface area contributed by atoms with Gasteiger partial charge in [-0.3, -0.25) is 0 Å². The Bertz CT molecular complexity index is 23.0. The van der Waals surface area contributed by atoms with Gasteiger partial charge >= 0.3 is 9.05 Å². The van der Waals surface area contributed by atoms with Crippen molar-refractivity contribution in [1.82, 2.24) is 0 Å². The van der Waals surface area contributed by atoms with E-state index in [-0.39, 0.29) is 22.4 Å². The molecule has 0 saturated carbocycles. The van der Waals surface area contributed by atoms with E-state index in [1.165, 1.54) is 0 Å². The molecule has 0 aliphatic heterocycles. The predicted molar refractivity (Wildman–Crippen MR) is 14.6 cm³/mol. The second kappa shape index (κ2) is 2.89. The van der Waals surface area contributed by atoms with Crippen molar-refractivity contribution in [3.05, 3.63) is 0 Å². The molecule has 0 aromatic heterocycles. The van der Waals surface area contributed by atoms with Crippen LogP contribution in [0.25, 0.3) is 0 Å². The first kappa shape index (κ1) is 9.93. The molecule has 1 radical (unpaired) electrons. The smallest absolute Gasteiger partial charge is 0.368 e. The van der Waals surface area contributed by atoms with Crippen LogP contribution in [0.4, 0.5) is 0 Å². The van der Waals surface area contributed by atoms with Crippen LogP contribution in [0, 0.1) is 0 Å². The van der Waals surface area contributed by atoms with Crippen molar-refractivity contribution in [2.24, 2.45) is 0 Å². The van der Waals surface area contributed by atoms with E-state index < -0.39 is 9.05 Å².